The van der Waals surface area contributed by atoms with Crippen LogP contribution < -0.4 is 10.2 Å². The molecule has 0 aromatic carbocycles. The van der Waals surface area contributed by atoms with Crippen LogP contribution in [0.3, 0.4) is 0 Å². The molecule has 0 radical (unpaired) electrons. The summed E-state index contributed by atoms with van der Waals surface area (Å²) >= 11 is 0. The number of fused-ring (bicyclic) bond motifs is 1. The second-order valence-corrected chi connectivity index (χ2v) is 5.25. The number of aromatic nitrogens is 3. The van der Waals surface area contributed by atoms with Crippen molar-refractivity contribution in [2.45, 2.75) is 13.5 Å². The van der Waals surface area contributed by atoms with Gasteiger partial charge in [-0.2, -0.15) is 0 Å². The molecule has 8 heteroatoms. The molecule has 0 spiro atoms. The molecule has 0 aliphatic heterocycles. The summed E-state index contributed by atoms with van der Waals surface area (Å²) in [6.07, 6.45) is 3.12. The number of likely N-dealkylation sites (N-methyl/N-ethyl adjacent to an activating group) is 1. The standard InChI is InChI=1S/C16H16N4O4/c1-11-16(12(21)6-8-23-11)24-10-15(22)19(2)9-14-18-17-13-5-3-4-7-20(13)14/h3-8H,9-10H2,1-2H3. The van der Waals surface area contributed by atoms with Crippen molar-refractivity contribution in [1.82, 2.24) is 19.5 Å². The highest BCUT2D eigenvalue weighted by molar-refractivity contribution is 5.77. The predicted octanol–water partition coefficient (Wildman–Crippen LogP) is 1.03. The molecule has 0 saturated heterocycles. The van der Waals surface area contributed by atoms with Gasteiger partial charge in [0.15, 0.2) is 18.1 Å². The number of rotatable bonds is 5. The number of hydrogen-bond donors (Lipinski definition) is 0. The zero-order valence-corrected chi connectivity index (χ0v) is 13.3. The van der Waals surface area contributed by atoms with Gasteiger partial charge in [0.1, 0.15) is 5.76 Å². The first kappa shape index (κ1) is 15.7. The van der Waals surface area contributed by atoms with Crippen LogP contribution in [0.4, 0.5) is 0 Å². The minimum atomic E-state index is -0.322. The highest BCUT2D eigenvalue weighted by atomic mass is 16.5. The summed E-state index contributed by atoms with van der Waals surface area (Å²) in [5.74, 6) is 0.732. The summed E-state index contributed by atoms with van der Waals surface area (Å²) < 4.78 is 12.2. The van der Waals surface area contributed by atoms with Gasteiger partial charge in [-0.1, -0.05) is 6.07 Å². The molecule has 0 atom stereocenters. The fourth-order valence-electron chi connectivity index (χ4n) is 2.22. The molecule has 0 aliphatic rings. The number of carbonyl (C=O) groups excluding carboxylic acids is 1. The molecule has 0 fully saturated rings. The van der Waals surface area contributed by atoms with E-state index >= 15 is 0 Å². The fraction of sp³-hybridized carbons (Fsp3) is 0.250. The number of aryl methyl sites for hydroxylation is 1. The van der Waals surface area contributed by atoms with E-state index in [-0.39, 0.29) is 30.2 Å². The van der Waals surface area contributed by atoms with Crippen LogP contribution in [0, 0.1) is 6.92 Å². The lowest BCUT2D eigenvalue weighted by Gasteiger charge is -2.16. The first-order valence-corrected chi connectivity index (χ1v) is 7.30. The summed E-state index contributed by atoms with van der Waals surface area (Å²) in [5, 5.41) is 8.12. The maximum absolute atomic E-state index is 12.2. The molecule has 0 bridgehead atoms. The Kier molecular flexibility index (Phi) is 4.28. The van der Waals surface area contributed by atoms with Crippen molar-refractivity contribution in [3.05, 3.63) is 58.5 Å². The lowest BCUT2D eigenvalue weighted by molar-refractivity contribution is -0.132. The van der Waals surface area contributed by atoms with Crippen molar-refractivity contribution >= 4 is 11.6 Å². The van der Waals surface area contributed by atoms with Crippen LogP contribution in [0.25, 0.3) is 5.65 Å². The monoisotopic (exact) mass is 328 g/mol. The first-order valence-electron chi connectivity index (χ1n) is 7.30. The average molecular weight is 328 g/mol. The molecule has 24 heavy (non-hydrogen) atoms. The number of pyridine rings is 1. The topological polar surface area (TPSA) is 89.9 Å². The molecule has 1 amide bonds. The quantitative estimate of drug-likeness (QED) is 0.695. The Morgan fingerprint density at radius 2 is 2.17 bits per heavy atom. The van der Waals surface area contributed by atoms with Gasteiger partial charge in [-0.05, 0) is 19.1 Å². The van der Waals surface area contributed by atoms with Gasteiger partial charge >= 0.3 is 0 Å². The van der Waals surface area contributed by atoms with E-state index in [0.29, 0.717) is 17.2 Å². The van der Waals surface area contributed by atoms with Gasteiger partial charge in [-0.25, -0.2) is 0 Å². The lowest BCUT2D eigenvalue weighted by atomic mass is 10.4. The minimum absolute atomic E-state index is 0.0483. The zero-order chi connectivity index (χ0) is 17.1. The molecule has 8 nitrogen and oxygen atoms in total. The fourth-order valence-corrected chi connectivity index (χ4v) is 2.22. The third kappa shape index (κ3) is 3.12. The molecule has 3 rings (SSSR count). The van der Waals surface area contributed by atoms with E-state index < -0.39 is 0 Å². The summed E-state index contributed by atoms with van der Waals surface area (Å²) in [6.45, 7) is 1.62. The van der Waals surface area contributed by atoms with Crippen LogP contribution in [-0.4, -0.2) is 39.1 Å². The molecule has 0 aliphatic carbocycles. The Morgan fingerprint density at radius 3 is 2.96 bits per heavy atom. The average Bonchev–Trinajstić information content (AvgIpc) is 2.97. The zero-order valence-electron chi connectivity index (χ0n) is 13.3. The summed E-state index contributed by atoms with van der Waals surface area (Å²) in [6, 6.07) is 6.81. The normalized spacial score (nSPS) is 10.8. The largest absolute Gasteiger partial charge is 0.476 e. The molecule has 3 aromatic heterocycles. The van der Waals surface area contributed by atoms with E-state index in [1.807, 2.05) is 24.4 Å². The second kappa shape index (κ2) is 6.53. The predicted molar refractivity (Wildman–Crippen MR) is 84.7 cm³/mol. The molecule has 3 aromatic rings. The van der Waals surface area contributed by atoms with Gasteiger partial charge < -0.3 is 14.1 Å². The van der Waals surface area contributed by atoms with Crippen molar-refractivity contribution < 1.29 is 13.9 Å². The van der Waals surface area contributed by atoms with Crippen LogP contribution in [-0.2, 0) is 11.3 Å². The Hall–Kier alpha value is -3.16. The molecular formula is C16H16N4O4. The van der Waals surface area contributed by atoms with E-state index in [1.165, 1.54) is 17.2 Å². The Morgan fingerprint density at radius 1 is 1.33 bits per heavy atom. The van der Waals surface area contributed by atoms with Crippen molar-refractivity contribution in [2.24, 2.45) is 0 Å². The number of hydrogen-bond acceptors (Lipinski definition) is 6. The van der Waals surface area contributed by atoms with Crippen LogP contribution in [0.5, 0.6) is 5.75 Å². The number of carbonyl (C=O) groups is 1. The third-order valence-electron chi connectivity index (χ3n) is 3.54. The Bertz CT molecular complexity index is 931. The van der Waals surface area contributed by atoms with Gasteiger partial charge in [0, 0.05) is 19.3 Å². The number of ether oxygens (including phenoxy) is 1. The van der Waals surface area contributed by atoms with Crippen molar-refractivity contribution in [3.63, 3.8) is 0 Å². The SMILES string of the molecule is Cc1occc(=O)c1OCC(=O)N(C)Cc1nnc2ccccn12. The summed E-state index contributed by atoms with van der Waals surface area (Å²) in [7, 11) is 1.63. The smallest absolute Gasteiger partial charge is 0.260 e. The minimum Gasteiger partial charge on any atom is -0.476 e. The van der Waals surface area contributed by atoms with Gasteiger partial charge in [-0.3, -0.25) is 14.0 Å². The molecule has 3 heterocycles. The Balaban J connectivity index is 1.66. The number of nitrogens with zero attached hydrogens (tertiary/aromatic N) is 4. The summed E-state index contributed by atoms with van der Waals surface area (Å²) in [4.78, 5) is 25.4. The van der Waals surface area contributed by atoms with E-state index in [0.717, 1.165) is 0 Å². The highest BCUT2D eigenvalue weighted by Gasteiger charge is 2.15. The number of amides is 1. The van der Waals surface area contributed by atoms with Gasteiger partial charge in [-0.15, -0.1) is 10.2 Å². The van der Waals surface area contributed by atoms with Crippen molar-refractivity contribution in [2.75, 3.05) is 13.7 Å². The maximum atomic E-state index is 12.2. The Labute approximate surface area is 137 Å². The van der Waals surface area contributed by atoms with Gasteiger partial charge in [0.05, 0.1) is 12.8 Å². The maximum Gasteiger partial charge on any atom is 0.260 e. The van der Waals surface area contributed by atoms with Crippen LogP contribution in [0.1, 0.15) is 11.6 Å². The van der Waals surface area contributed by atoms with E-state index in [1.54, 1.807) is 18.4 Å². The van der Waals surface area contributed by atoms with Crippen LogP contribution in [0.15, 0.2) is 45.9 Å². The molecular weight excluding hydrogens is 312 g/mol. The van der Waals surface area contributed by atoms with Crippen molar-refractivity contribution in [3.8, 4) is 5.75 Å². The summed E-state index contributed by atoms with van der Waals surface area (Å²) in [5.41, 5.74) is 0.389. The van der Waals surface area contributed by atoms with E-state index in [4.69, 9.17) is 9.15 Å². The highest BCUT2D eigenvalue weighted by Crippen LogP contribution is 2.11. The molecule has 0 unspecified atom stereocenters. The lowest BCUT2D eigenvalue weighted by Crippen LogP contribution is -2.32. The first-order chi connectivity index (χ1) is 11.6. The molecule has 0 N–H and O–H groups in total. The van der Waals surface area contributed by atoms with Gasteiger partial charge in [0.2, 0.25) is 11.2 Å². The van der Waals surface area contributed by atoms with Crippen LogP contribution >= 0.6 is 0 Å². The molecule has 0 saturated carbocycles. The third-order valence-corrected chi connectivity index (χ3v) is 3.54. The van der Waals surface area contributed by atoms with Gasteiger partial charge in [0.25, 0.3) is 5.91 Å². The van der Waals surface area contributed by atoms with E-state index in [2.05, 4.69) is 10.2 Å². The second-order valence-electron chi connectivity index (χ2n) is 5.25. The van der Waals surface area contributed by atoms with E-state index in [9.17, 15) is 9.59 Å². The van der Waals surface area contributed by atoms with Crippen molar-refractivity contribution in [1.29, 1.82) is 0 Å². The van der Waals surface area contributed by atoms with Crippen LogP contribution in [0.2, 0.25) is 0 Å². The molecule has 124 valence electrons.